The van der Waals surface area contributed by atoms with Gasteiger partial charge in [0.1, 0.15) is 6.61 Å². The number of nitrogens with one attached hydrogen (secondary N) is 1. The van der Waals surface area contributed by atoms with Crippen LogP contribution in [0.2, 0.25) is 0 Å². The van der Waals surface area contributed by atoms with Crippen LogP contribution < -0.4 is 16.0 Å². The van der Waals surface area contributed by atoms with E-state index in [0.29, 0.717) is 32.5 Å². The van der Waals surface area contributed by atoms with Crippen LogP contribution in [0.5, 0.6) is 5.75 Å². The van der Waals surface area contributed by atoms with Crippen molar-refractivity contribution < 1.29 is 38.7 Å². The first-order valence-corrected chi connectivity index (χ1v) is 12.1. The molecule has 2 saturated heterocycles. The van der Waals surface area contributed by atoms with Gasteiger partial charge in [0.05, 0.1) is 4.92 Å². The van der Waals surface area contributed by atoms with Gasteiger partial charge in [-0.05, 0) is 44.5 Å². The van der Waals surface area contributed by atoms with Crippen molar-refractivity contribution in [1.29, 1.82) is 0 Å². The second kappa shape index (κ2) is 11.3. The first-order chi connectivity index (χ1) is 18.2. The van der Waals surface area contributed by atoms with Gasteiger partial charge in [-0.2, -0.15) is 0 Å². The number of carbonyl (C=O) groups excluding carboxylic acids is 2. The molecule has 0 unspecified atom stereocenters. The molecule has 0 radical (unpaired) electrons. The molecule has 0 aliphatic carbocycles. The van der Waals surface area contributed by atoms with Gasteiger partial charge in [-0.1, -0.05) is 42.5 Å². The summed E-state index contributed by atoms with van der Waals surface area (Å²) < 4.78 is 15.9. The molecule has 0 aromatic heterocycles. The Morgan fingerprint density at radius 2 is 1.89 bits per heavy atom. The average Bonchev–Trinajstić information content (AvgIpc) is 3.54. The molecule has 4 rings (SSSR count). The summed E-state index contributed by atoms with van der Waals surface area (Å²) in [5, 5.41) is 25.1. The Kier molecular flexibility index (Phi) is 8.11. The third kappa shape index (κ3) is 5.70. The highest BCUT2D eigenvalue weighted by atomic mass is 16.9. The van der Waals surface area contributed by atoms with Crippen LogP contribution >= 0.6 is 0 Å². The van der Waals surface area contributed by atoms with Crippen LogP contribution in [0, 0.1) is 16.0 Å². The molecule has 38 heavy (non-hydrogen) atoms. The molecule has 3 atom stereocenters. The fraction of sp³-hybridized carbons (Fsp3) is 0.440. The summed E-state index contributed by atoms with van der Waals surface area (Å²) in [6.45, 7) is 3.47. The number of nitrogens with zero attached hydrogens (tertiary/aromatic N) is 2. The number of epoxide rings is 1. The van der Waals surface area contributed by atoms with Gasteiger partial charge in [-0.25, -0.2) is 20.3 Å². The number of hydrogen-bond donors (Lipinski definition) is 3. The van der Waals surface area contributed by atoms with E-state index in [-0.39, 0.29) is 24.1 Å². The SMILES string of the molecule is C[C@@H](CN1CCC([C@@](ON)(Oc2ccccc2[N+](=O)[O-])[C@]2(O)OC2=O)CC1)NC(=O)OCc1ccccc1. The van der Waals surface area contributed by atoms with Crippen LogP contribution in [0.3, 0.4) is 0 Å². The lowest BCUT2D eigenvalue weighted by molar-refractivity contribution is -0.389. The molecular weight excluding hydrogens is 500 g/mol. The number of nitrogens with two attached hydrogens (primary N) is 1. The van der Waals surface area contributed by atoms with E-state index >= 15 is 0 Å². The van der Waals surface area contributed by atoms with E-state index in [9.17, 15) is 24.8 Å². The number of carbonyl (C=O) groups is 2. The smallest absolute Gasteiger partial charge is 0.407 e. The Labute approximate surface area is 218 Å². The minimum atomic E-state index is -2.50. The number of likely N-dealkylation sites (tertiary alicyclic amines) is 1. The van der Waals surface area contributed by atoms with E-state index in [2.05, 4.69) is 10.2 Å². The molecule has 2 aromatic rings. The third-order valence-corrected chi connectivity index (χ3v) is 6.68. The Balaban J connectivity index is 1.36. The molecule has 2 heterocycles. The van der Waals surface area contributed by atoms with Gasteiger partial charge >= 0.3 is 29.3 Å². The molecule has 204 valence electrons. The van der Waals surface area contributed by atoms with Gasteiger partial charge in [-0.3, -0.25) is 10.1 Å². The van der Waals surface area contributed by atoms with Crippen molar-refractivity contribution in [2.75, 3.05) is 19.6 Å². The predicted octanol–water partition coefficient (Wildman–Crippen LogP) is 1.83. The number of benzene rings is 2. The largest absolute Gasteiger partial charge is 0.446 e. The summed E-state index contributed by atoms with van der Waals surface area (Å²) >= 11 is 0. The van der Waals surface area contributed by atoms with E-state index in [0.717, 1.165) is 5.56 Å². The Morgan fingerprint density at radius 1 is 1.26 bits per heavy atom. The fourth-order valence-corrected chi connectivity index (χ4v) is 4.70. The number of amides is 1. The number of nitro groups is 1. The van der Waals surface area contributed by atoms with E-state index < -0.39 is 34.5 Å². The predicted molar refractivity (Wildman–Crippen MR) is 131 cm³/mol. The van der Waals surface area contributed by atoms with Crippen molar-refractivity contribution in [3.05, 3.63) is 70.3 Å². The van der Waals surface area contributed by atoms with Crippen LogP contribution in [0.15, 0.2) is 54.6 Å². The molecule has 0 bridgehead atoms. The third-order valence-electron chi connectivity index (χ3n) is 6.68. The zero-order chi connectivity index (χ0) is 27.3. The Morgan fingerprint density at radius 3 is 2.50 bits per heavy atom. The average molecular weight is 531 g/mol. The second-order valence-electron chi connectivity index (χ2n) is 9.33. The lowest BCUT2D eigenvalue weighted by atomic mass is 9.84. The van der Waals surface area contributed by atoms with E-state index in [1.807, 2.05) is 37.3 Å². The highest BCUT2D eigenvalue weighted by Crippen LogP contribution is 2.49. The van der Waals surface area contributed by atoms with Crippen LogP contribution in [0.25, 0.3) is 0 Å². The van der Waals surface area contributed by atoms with Crippen molar-refractivity contribution in [3.63, 3.8) is 0 Å². The monoisotopic (exact) mass is 530 g/mol. The summed E-state index contributed by atoms with van der Waals surface area (Å²) in [4.78, 5) is 42.2. The quantitative estimate of drug-likeness (QED) is 0.167. The maximum absolute atomic E-state index is 12.2. The van der Waals surface area contributed by atoms with Gasteiger partial charge < -0.3 is 29.5 Å². The zero-order valence-electron chi connectivity index (χ0n) is 20.8. The minimum Gasteiger partial charge on any atom is -0.446 e. The number of para-hydroxylation sites is 2. The molecule has 0 spiro atoms. The number of aliphatic hydroxyl groups is 1. The normalized spacial score (nSPS) is 22.0. The minimum absolute atomic E-state index is 0.162. The van der Waals surface area contributed by atoms with Gasteiger partial charge in [0.15, 0.2) is 0 Å². The van der Waals surface area contributed by atoms with Gasteiger partial charge in [0, 0.05) is 24.6 Å². The molecule has 2 aliphatic rings. The standard InChI is InChI=1S/C25H30N4O9/c1-17(27-23(31)35-16-18-7-3-2-4-8-18)15-28-13-11-19(12-14-28)25(38-26,24(32)22(30)37-24)36-21-10-6-5-9-20(21)29(33)34/h2-10,17,19,32H,11-16,26H2,1H3,(H,27,31)/t17-,24+,25-/m0/s1. The molecule has 2 aromatic carbocycles. The lowest BCUT2D eigenvalue weighted by Gasteiger charge is -2.42. The van der Waals surface area contributed by atoms with Gasteiger partial charge in [-0.15, -0.1) is 0 Å². The number of alkyl carbamates (subject to hydrolysis) is 1. The molecule has 13 nitrogen and oxygen atoms in total. The number of hydrogen-bond acceptors (Lipinski definition) is 11. The summed E-state index contributed by atoms with van der Waals surface area (Å²) in [5.41, 5.74) is 0.493. The van der Waals surface area contributed by atoms with Gasteiger partial charge in [0.2, 0.25) is 5.75 Å². The zero-order valence-corrected chi connectivity index (χ0v) is 20.8. The molecule has 0 saturated carbocycles. The van der Waals surface area contributed by atoms with Crippen molar-refractivity contribution in [2.45, 2.75) is 44.0 Å². The molecule has 13 heteroatoms. The molecule has 2 aliphatic heterocycles. The second-order valence-corrected chi connectivity index (χ2v) is 9.33. The Bertz CT molecular complexity index is 1160. The van der Waals surface area contributed by atoms with Crippen molar-refractivity contribution in [1.82, 2.24) is 10.2 Å². The lowest BCUT2D eigenvalue weighted by Crippen LogP contribution is -2.62. The van der Waals surface area contributed by atoms with Crippen molar-refractivity contribution in [2.24, 2.45) is 11.8 Å². The van der Waals surface area contributed by atoms with Crippen LogP contribution in [-0.4, -0.2) is 64.2 Å². The highest BCUT2D eigenvalue weighted by Gasteiger charge is 2.78. The van der Waals surface area contributed by atoms with Crippen molar-refractivity contribution in [3.8, 4) is 5.75 Å². The first-order valence-electron chi connectivity index (χ1n) is 12.1. The summed E-state index contributed by atoms with van der Waals surface area (Å²) in [5.74, 6) is -1.01. The van der Waals surface area contributed by atoms with Crippen LogP contribution in [-0.2, 0) is 25.7 Å². The van der Waals surface area contributed by atoms with E-state index in [4.69, 9.17) is 24.9 Å². The number of piperidine rings is 1. The van der Waals surface area contributed by atoms with E-state index in [1.54, 1.807) is 0 Å². The molecule has 1 amide bonds. The highest BCUT2D eigenvalue weighted by molar-refractivity contribution is 5.92. The molecule has 4 N–H and O–H groups in total. The molecule has 2 fully saturated rings. The summed E-state index contributed by atoms with van der Waals surface area (Å²) in [6.07, 6.45) is 0.167. The van der Waals surface area contributed by atoms with Gasteiger partial charge in [0.25, 0.3) is 0 Å². The molecular formula is C25H30N4O9. The number of nitro benzene ring substituents is 1. The van der Waals surface area contributed by atoms with Crippen molar-refractivity contribution >= 4 is 17.7 Å². The maximum Gasteiger partial charge on any atom is 0.407 e. The van der Waals surface area contributed by atoms with Crippen LogP contribution in [0.4, 0.5) is 10.5 Å². The number of ether oxygens (including phenoxy) is 3. The van der Waals surface area contributed by atoms with Crippen LogP contribution in [0.1, 0.15) is 25.3 Å². The topological polar surface area (TPSA) is 179 Å². The Hall–Kier alpha value is -3.78. The number of rotatable bonds is 11. The summed E-state index contributed by atoms with van der Waals surface area (Å²) in [6, 6.07) is 14.6. The number of cyclic esters (lactones) is 1. The first kappa shape index (κ1) is 27.3. The maximum atomic E-state index is 12.2. The van der Waals surface area contributed by atoms with E-state index in [1.165, 1.54) is 24.3 Å². The summed E-state index contributed by atoms with van der Waals surface area (Å²) in [7, 11) is 0. The fourth-order valence-electron chi connectivity index (χ4n) is 4.70.